The van der Waals surface area contributed by atoms with Crippen LogP contribution in [0.3, 0.4) is 0 Å². The van der Waals surface area contributed by atoms with Crippen molar-refractivity contribution >= 4 is 12.2 Å². The van der Waals surface area contributed by atoms with Crippen molar-refractivity contribution in [2.24, 2.45) is 52.3 Å². The molecule has 9 aliphatic rings. The first kappa shape index (κ1) is 19.5. The second-order valence-corrected chi connectivity index (χ2v) is 11.6. The molecule has 6 heteroatoms. The van der Waals surface area contributed by atoms with Crippen LogP contribution in [-0.4, -0.2) is 31.3 Å². The molecule has 0 aromatic rings. The Kier molecular flexibility index (Phi) is 4.27. The number of ether oxygens (including phenoxy) is 3. The lowest BCUT2D eigenvalue weighted by molar-refractivity contribution is 0.0465. The van der Waals surface area contributed by atoms with E-state index in [2.05, 4.69) is 0 Å². The molecule has 32 heavy (non-hydrogen) atoms. The molecule has 0 unspecified atom stereocenters. The van der Waals surface area contributed by atoms with Gasteiger partial charge in [0.1, 0.15) is 0 Å². The fraction of sp³-hybridized carbons (Fsp3) is 0.769. The van der Waals surface area contributed by atoms with Crippen molar-refractivity contribution in [1.82, 2.24) is 4.90 Å². The van der Waals surface area contributed by atoms with E-state index in [4.69, 9.17) is 19.2 Å². The van der Waals surface area contributed by atoms with Gasteiger partial charge in [-0.1, -0.05) is 0 Å². The lowest BCUT2D eigenvalue weighted by Gasteiger charge is -2.53. The number of hydrogen-bond acceptors (Lipinski definition) is 5. The van der Waals surface area contributed by atoms with Crippen LogP contribution >= 0.6 is 0 Å². The van der Waals surface area contributed by atoms with E-state index in [9.17, 15) is 4.79 Å². The smallest absolute Gasteiger partial charge is 0.422 e. The van der Waals surface area contributed by atoms with E-state index in [0.29, 0.717) is 29.6 Å². The Hall–Kier alpha value is -1.98. The van der Waals surface area contributed by atoms with Crippen LogP contribution in [-0.2, 0) is 14.2 Å². The number of hydrogen-bond donors (Lipinski definition) is 0. The van der Waals surface area contributed by atoms with Gasteiger partial charge in [-0.25, -0.2) is 4.79 Å². The summed E-state index contributed by atoms with van der Waals surface area (Å²) in [6.45, 7) is 0. The average Bonchev–Trinajstić information content (AvgIpc) is 2.77. The Bertz CT molecular complexity index is 887. The Morgan fingerprint density at radius 3 is 1.69 bits per heavy atom. The highest BCUT2D eigenvalue weighted by Gasteiger charge is 2.52. The lowest BCUT2D eigenvalue weighted by Crippen LogP contribution is -2.47. The quantitative estimate of drug-likeness (QED) is 0.506. The van der Waals surface area contributed by atoms with Gasteiger partial charge in [-0.3, -0.25) is 0 Å². The summed E-state index contributed by atoms with van der Waals surface area (Å²) in [5, 5.41) is 0. The van der Waals surface area contributed by atoms with E-state index in [1.54, 1.807) is 12.0 Å². The first-order chi connectivity index (χ1) is 15.6. The lowest BCUT2D eigenvalue weighted by atomic mass is 9.54. The number of carbonyl (C=O) groups is 1. The highest BCUT2D eigenvalue weighted by Crippen LogP contribution is 2.60. The minimum Gasteiger partial charge on any atom is -0.453 e. The summed E-state index contributed by atoms with van der Waals surface area (Å²) in [7, 11) is 3.08. The third-order valence-electron chi connectivity index (χ3n) is 9.87. The summed E-state index contributed by atoms with van der Waals surface area (Å²) in [6, 6.07) is 0. The summed E-state index contributed by atoms with van der Waals surface area (Å²) in [4.78, 5) is 19.8. The van der Waals surface area contributed by atoms with E-state index in [0.717, 1.165) is 29.5 Å². The van der Waals surface area contributed by atoms with E-state index in [-0.39, 0.29) is 12.2 Å². The molecule has 1 aliphatic heterocycles. The van der Waals surface area contributed by atoms with Gasteiger partial charge in [-0.2, -0.15) is 9.89 Å². The Morgan fingerprint density at radius 2 is 1.25 bits per heavy atom. The van der Waals surface area contributed by atoms with Gasteiger partial charge < -0.3 is 14.2 Å². The van der Waals surface area contributed by atoms with Crippen LogP contribution < -0.4 is 0 Å². The molecule has 8 aliphatic carbocycles. The average molecular weight is 439 g/mol. The highest BCUT2D eigenvalue weighted by atomic mass is 16.7. The number of nitrogens with zero attached hydrogens (tertiary/aromatic N) is 2. The molecular formula is C26H34N2O4. The van der Waals surface area contributed by atoms with E-state index in [1.165, 1.54) is 82.5 Å². The first-order valence-corrected chi connectivity index (χ1v) is 12.8. The van der Waals surface area contributed by atoms with E-state index < -0.39 is 0 Å². The van der Waals surface area contributed by atoms with Crippen LogP contribution in [0.2, 0.25) is 0 Å². The van der Waals surface area contributed by atoms with Crippen LogP contribution in [0.1, 0.15) is 64.2 Å². The minimum absolute atomic E-state index is 0.276. The van der Waals surface area contributed by atoms with Crippen molar-refractivity contribution in [3.63, 3.8) is 0 Å². The molecule has 8 saturated carbocycles. The fourth-order valence-corrected chi connectivity index (χ4v) is 9.21. The molecule has 0 atom stereocenters. The van der Waals surface area contributed by atoms with E-state index in [1.807, 2.05) is 0 Å². The maximum atomic E-state index is 13.3. The number of methoxy groups -OCH3 is 2. The normalized spacial score (nSPS) is 43.6. The Balaban J connectivity index is 1.39. The summed E-state index contributed by atoms with van der Waals surface area (Å²) in [5.74, 6) is 6.87. The second kappa shape index (κ2) is 7.01. The fourth-order valence-electron chi connectivity index (χ4n) is 9.21. The van der Waals surface area contributed by atoms with Crippen LogP contribution in [0.15, 0.2) is 27.8 Å². The molecule has 9 rings (SSSR count). The van der Waals surface area contributed by atoms with Gasteiger partial charge in [0.15, 0.2) is 5.82 Å². The van der Waals surface area contributed by atoms with Crippen molar-refractivity contribution in [3.8, 4) is 0 Å². The van der Waals surface area contributed by atoms with E-state index >= 15 is 0 Å². The summed E-state index contributed by atoms with van der Waals surface area (Å²) < 4.78 is 17.2. The van der Waals surface area contributed by atoms with Crippen molar-refractivity contribution in [1.29, 1.82) is 0 Å². The Morgan fingerprint density at radius 1 is 0.781 bits per heavy atom. The molecule has 0 spiro atoms. The molecule has 1 amide bonds. The third kappa shape index (κ3) is 2.76. The number of amides is 1. The molecule has 0 radical (unpaired) electrons. The van der Waals surface area contributed by atoms with Gasteiger partial charge in [0.05, 0.1) is 14.2 Å². The van der Waals surface area contributed by atoms with Crippen LogP contribution in [0.25, 0.3) is 0 Å². The molecule has 0 N–H and O–H groups in total. The van der Waals surface area contributed by atoms with Gasteiger partial charge >= 0.3 is 12.2 Å². The molecule has 0 aromatic heterocycles. The van der Waals surface area contributed by atoms with Gasteiger partial charge in [-0.05, 0) is 123 Å². The molecule has 6 nitrogen and oxygen atoms in total. The SMILES string of the molecule is COC(=O)N1C(=C2C3CC4CC(C3)CC2C4)N=C(OC)OC1=C1C2CC3CC(C2)CC1C3. The second-order valence-electron chi connectivity index (χ2n) is 11.6. The Labute approximate surface area is 190 Å². The molecule has 1 heterocycles. The van der Waals surface area contributed by atoms with Gasteiger partial charge in [0.25, 0.3) is 0 Å². The maximum absolute atomic E-state index is 13.3. The zero-order chi connectivity index (χ0) is 21.6. The van der Waals surface area contributed by atoms with Crippen LogP contribution in [0.5, 0.6) is 0 Å². The largest absolute Gasteiger partial charge is 0.453 e. The summed E-state index contributed by atoms with van der Waals surface area (Å²) in [5.41, 5.74) is 2.69. The molecule has 8 fully saturated rings. The monoisotopic (exact) mass is 438 g/mol. The zero-order valence-electron chi connectivity index (χ0n) is 19.2. The molecular weight excluding hydrogens is 404 g/mol. The zero-order valence-corrected chi connectivity index (χ0v) is 19.2. The molecule has 172 valence electrons. The predicted molar refractivity (Wildman–Crippen MR) is 118 cm³/mol. The van der Waals surface area contributed by atoms with Crippen molar-refractivity contribution < 1.29 is 19.0 Å². The van der Waals surface area contributed by atoms with Crippen LogP contribution in [0, 0.1) is 47.3 Å². The number of allylic oxidation sites excluding steroid dienone is 2. The molecule has 0 aromatic carbocycles. The third-order valence-corrected chi connectivity index (χ3v) is 9.87. The number of aliphatic imine (C=N–C) groups is 1. The number of carbonyl (C=O) groups excluding carboxylic acids is 1. The van der Waals surface area contributed by atoms with Crippen LogP contribution in [0.4, 0.5) is 4.79 Å². The molecule has 8 bridgehead atoms. The van der Waals surface area contributed by atoms with Crippen molar-refractivity contribution in [3.05, 3.63) is 22.9 Å². The molecule has 0 saturated heterocycles. The summed E-state index contributed by atoms with van der Waals surface area (Å²) in [6.07, 6.45) is 12.5. The van der Waals surface area contributed by atoms with Gasteiger partial charge in [0, 0.05) is 0 Å². The minimum atomic E-state index is -0.378. The van der Waals surface area contributed by atoms with Gasteiger partial charge in [-0.15, -0.1) is 0 Å². The predicted octanol–water partition coefficient (Wildman–Crippen LogP) is 5.42. The highest BCUT2D eigenvalue weighted by molar-refractivity contribution is 5.79. The first-order valence-electron chi connectivity index (χ1n) is 12.8. The topological polar surface area (TPSA) is 60.4 Å². The number of rotatable bonds is 0. The standard InChI is InChI=1S/C26H34N2O4/c1-30-25-27-23(21-17-5-13-3-14(7-17)8-18(21)6-13)28(26(29)31-2)24(32-25)22-19-9-15-4-16(11-19)12-20(22)10-15/h13-20H,3-12H2,1-2H3. The van der Waals surface area contributed by atoms with Crippen molar-refractivity contribution in [2.75, 3.05) is 14.2 Å². The van der Waals surface area contributed by atoms with Gasteiger partial charge in [0.2, 0.25) is 5.88 Å². The van der Waals surface area contributed by atoms with Crippen molar-refractivity contribution in [2.45, 2.75) is 64.2 Å². The summed E-state index contributed by atoms with van der Waals surface area (Å²) >= 11 is 0. The maximum Gasteiger partial charge on any atom is 0.422 e.